The van der Waals surface area contributed by atoms with E-state index in [1.165, 1.54) is 12.0 Å². The zero-order valence-corrected chi connectivity index (χ0v) is 19.6. The lowest BCUT2D eigenvalue weighted by molar-refractivity contribution is -0.145. The van der Waals surface area contributed by atoms with Crippen molar-refractivity contribution >= 4 is 23.2 Å². The Kier molecular flexibility index (Phi) is 8.21. The molecule has 1 N–H and O–H groups in total. The number of amides is 2. The monoisotopic (exact) mass is 454 g/mol. The summed E-state index contributed by atoms with van der Waals surface area (Å²) in [6.45, 7) is 1.78. The molecule has 172 valence electrons. The van der Waals surface area contributed by atoms with E-state index in [9.17, 15) is 9.59 Å². The van der Waals surface area contributed by atoms with E-state index in [1.807, 2.05) is 29.2 Å². The van der Waals surface area contributed by atoms with Gasteiger partial charge in [-0.2, -0.15) is 11.3 Å². The summed E-state index contributed by atoms with van der Waals surface area (Å²) < 4.78 is 5.99. The van der Waals surface area contributed by atoms with Gasteiger partial charge in [-0.05, 0) is 72.2 Å². The zero-order valence-electron chi connectivity index (χ0n) is 18.8. The van der Waals surface area contributed by atoms with Crippen LogP contribution in [0, 0.1) is 5.92 Å². The summed E-state index contributed by atoms with van der Waals surface area (Å²) in [5, 5.41) is 7.24. The van der Waals surface area contributed by atoms with Gasteiger partial charge in [-0.3, -0.25) is 9.59 Å². The summed E-state index contributed by atoms with van der Waals surface area (Å²) in [6.07, 6.45) is 8.85. The van der Waals surface area contributed by atoms with Gasteiger partial charge in [0.05, 0.1) is 6.61 Å². The van der Waals surface area contributed by atoms with E-state index in [0.717, 1.165) is 62.7 Å². The van der Waals surface area contributed by atoms with Gasteiger partial charge in [0, 0.05) is 25.4 Å². The zero-order chi connectivity index (χ0) is 22.2. The minimum Gasteiger partial charge on any atom is -0.493 e. The van der Waals surface area contributed by atoms with Crippen LogP contribution in [0.5, 0.6) is 5.75 Å². The molecule has 0 radical (unpaired) electrons. The number of hydrogen-bond donors (Lipinski definition) is 1. The lowest BCUT2D eigenvalue weighted by Gasteiger charge is -2.34. The van der Waals surface area contributed by atoms with Crippen LogP contribution in [0.2, 0.25) is 0 Å². The van der Waals surface area contributed by atoms with Gasteiger partial charge in [0.1, 0.15) is 11.8 Å². The normalized spacial score (nSPS) is 19.8. The molecule has 6 heteroatoms. The van der Waals surface area contributed by atoms with E-state index in [1.54, 1.807) is 11.3 Å². The lowest BCUT2D eigenvalue weighted by Crippen LogP contribution is -2.50. The number of carbonyl (C=O) groups is 2. The van der Waals surface area contributed by atoms with Crippen molar-refractivity contribution in [2.75, 3.05) is 13.2 Å². The molecule has 1 aromatic heterocycles. The average molecular weight is 455 g/mol. The van der Waals surface area contributed by atoms with Crippen molar-refractivity contribution in [2.24, 2.45) is 5.92 Å². The average Bonchev–Trinajstić information content (AvgIpc) is 3.25. The first-order chi connectivity index (χ1) is 15.7. The molecule has 0 bridgehead atoms. The summed E-state index contributed by atoms with van der Waals surface area (Å²) in [5.74, 6) is 1.00. The summed E-state index contributed by atoms with van der Waals surface area (Å²) in [7, 11) is 0. The number of ether oxygens (including phenoxy) is 1. The minimum absolute atomic E-state index is 0.00479. The van der Waals surface area contributed by atoms with Gasteiger partial charge < -0.3 is 15.0 Å². The number of rotatable bonds is 8. The topological polar surface area (TPSA) is 58.6 Å². The summed E-state index contributed by atoms with van der Waals surface area (Å²) in [6, 6.07) is 9.73. The summed E-state index contributed by atoms with van der Waals surface area (Å²) in [5.41, 5.74) is 2.30. The Hall–Kier alpha value is -2.34. The second-order valence-corrected chi connectivity index (χ2v) is 9.76. The Balaban J connectivity index is 1.47. The molecule has 0 unspecified atom stereocenters. The highest BCUT2D eigenvalue weighted by Crippen LogP contribution is 2.28. The van der Waals surface area contributed by atoms with Crippen molar-refractivity contribution in [3.63, 3.8) is 0 Å². The molecule has 2 aromatic rings. The van der Waals surface area contributed by atoms with Crippen LogP contribution in [0.25, 0.3) is 0 Å². The number of benzene rings is 1. The van der Waals surface area contributed by atoms with Crippen LogP contribution >= 0.6 is 11.3 Å². The predicted molar refractivity (Wildman–Crippen MR) is 128 cm³/mol. The van der Waals surface area contributed by atoms with Gasteiger partial charge in [0.25, 0.3) is 0 Å². The van der Waals surface area contributed by atoms with Crippen LogP contribution in [-0.4, -0.2) is 35.9 Å². The van der Waals surface area contributed by atoms with Crippen molar-refractivity contribution in [3.8, 4) is 5.75 Å². The SMILES string of the molecule is O=C1NCCCC[C@@H]1N(Cc1cccc(OCCc2ccsc2)c1)C(=O)C1CCCCC1. The van der Waals surface area contributed by atoms with E-state index in [-0.39, 0.29) is 23.8 Å². The van der Waals surface area contributed by atoms with Gasteiger partial charge in [0.15, 0.2) is 0 Å². The number of thiophene rings is 1. The highest BCUT2D eigenvalue weighted by molar-refractivity contribution is 7.07. The maximum atomic E-state index is 13.6. The summed E-state index contributed by atoms with van der Waals surface area (Å²) in [4.78, 5) is 28.3. The Morgan fingerprint density at radius 1 is 1.06 bits per heavy atom. The smallest absolute Gasteiger partial charge is 0.242 e. The van der Waals surface area contributed by atoms with Crippen LogP contribution in [0.4, 0.5) is 0 Å². The van der Waals surface area contributed by atoms with Gasteiger partial charge >= 0.3 is 0 Å². The Bertz CT molecular complexity index is 877. The molecule has 32 heavy (non-hydrogen) atoms. The molecule has 5 nitrogen and oxygen atoms in total. The first-order valence-electron chi connectivity index (χ1n) is 12.0. The van der Waals surface area contributed by atoms with Gasteiger partial charge in [-0.1, -0.05) is 31.4 Å². The Morgan fingerprint density at radius 2 is 1.91 bits per heavy atom. The van der Waals surface area contributed by atoms with Gasteiger partial charge in [-0.25, -0.2) is 0 Å². The third kappa shape index (κ3) is 6.12. The molecular weight excluding hydrogens is 420 g/mol. The first kappa shape index (κ1) is 22.8. The predicted octanol–water partition coefficient (Wildman–Crippen LogP) is 4.95. The second-order valence-electron chi connectivity index (χ2n) is 8.98. The molecule has 1 saturated carbocycles. The highest BCUT2D eigenvalue weighted by Gasteiger charge is 2.34. The maximum absolute atomic E-state index is 13.6. The van der Waals surface area contributed by atoms with Crippen LogP contribution in [0.1, 0.15) is 62.5 Å². The number of carbonyl (C=O) groups excluding carboxylic acids is 2. The fourth-order valence-electron chi connectivity index (χ4n) is 4.80. The molecule has 1 atom stereocenters. The number of hydrogen-bond acceptors (Lipinski definition) is 4. The standard InChI is InChI=1S/C26H34N2O3S/c29-25-24(11-4-5-14-27-25)28(26(30)22-8-2-1-3-9-22)18-21-7-6-10-23(17-21)31-15-12-20-13-16-32-19-20/h6-7,10,13,16-17,19,22,24H,1-5,8-9,11-12,14-15,18H2,(H,27,29)/t24-/m0/s1. The van der Waals surface area contributed by atoms with Crippen molar-refractivity contribution in [2.45, 2.75) is 70.4 Å². The molecule has 1 saturated heterocycles. The third-order valence-corrected chi connectivity index (χ3v) is 7.34. The third-order valence-electron chi connectivity index (χ3n) is 6.61. The summed E-state index contributed by atoms with van der Waals surface area (Å²) >= 11 is 1.70. The van der Waals surface area contributed by atoms with E-state index >= 15 is 0 Å². The molecule has 1 aromatic carbocycles. The molecule has 1 aliphatic heterocycles. The minimum atomic E-state index is -0.380. The molecule has 2 amide bonds. The Labute approximate surface area is 195 Å². The van der Waals surface area contributed by atoms with Crippen LogP contribution in [-0.2, 0) is 22.6 Å². The van der Waals surface area contributed by atoms with Crippen molar-refractivity contribution in [1.82, 2.24) is 10.2 Å². The van der Waals surface area contributed by atoms with Crippen molar-refractivity contribution < 1.29 is 14.3 Å². The Morgan fingerprint density at radius 3 is 2.72 bits per heavy atom. The van der Waals surface area contributed by atoms with Gasteiger partial charge in [0.2, 0.25) is 11.8 Å². The van der Waals surface area contributed by atoms with E-state index in [0.29, 0.717) is 19.7 Å². The molecule has 0 spiro atoms. The molecule has 2 aliphatic rings. The fraction of sp³-hybridized carbons (Fsp3) is 0.538. The largest absolute Gasteiger partial charge is 0.493 e. The van der Waals surface area contributed by atoms with Crippen molar-refractivity contribution in [3.05, 3.63) is 52.2 Å². The fourth-order valence-corrected chi connectivity index (χ4v) is 5.50. The van der Waals surface area contributed by atoms with E-state index in [2.05, 4.69) is 22.1 Å². The van der Waals surface area contributed by atoms with Crippen LogP contribution < -0.4 is 10.1 Å². The molecular formula is C26H34N2O3S. The molecule has 2 heterocycles. The van der Waals surface area contributed by atoms with Crippen molar-refractivity contribution in [1.29, 1.82) is 0 Å². The molecule has 4 rings (SSSR count). The maximum Gasteiger partial charge on any atom is 0.242 e. The van der Waals surface area contributed by atoms with E-state index in [4.69, 9.17) is 4.74 Å². The first-order valence-corrected chi connectivity index (χ1v) is 13.0. The van der Waals surface area contributed by atoms with Crippen LogP contribution in [0.3, 0.4) is 0 Å². The highest BCUT2D eigenvalue weighted by atomic mass is 32.1. The number of nitrogens with one attached hydrogen (secondary N) is 1. The number of nitrogens with zero attached hydrogens (tertiary/aromatic N) is 1. The second kappa shape index (κ2) is 11.5. The van der Waals surface area contributed by atoms with Gasteiger partial charge in [-0.15, -0.1) is 0 Å². The molecule has 1 aliphatic carbocycles. The quantitative estimate of drug-likeness (QED) is 0.614. The van der Waals surface area contributed by atoms with Crippen LogP contribution in [0.15, 0.2) is 41.1 Å². The lowest BCUT2D eigenvalue weighted by atomic mass is 9.87. The van der Waals surface area contributed by atoms with E-state index < -0.39 is 0 Å². The molecule has 2 fully saturated rings.